The minimum atomic E-state index is -4.42. The molecule has 2 aliphatic carbocycles. The van der Waals surface area contributed by atoms with Gasteiger partial charge in [0.2, 0.25) is 5.91 Å². The average molecular weight is 631 g/mol. The highest BCUT2D eigenvalue weighted by atomic mass is 19.4. The van der Waals surface area contributed by atoms with Crippen LogP contribution in [0.15, 0.2) is 78.9 Å². The highest BCUT2D eigenvalue weighted by molar-refractivity contribution is 5.92. The molecule has 1 saturated heterocycles. The van der Waals surface area contributed by atoms with Gasteiger partial charge in [-0.15, -0.1) is 0 Å². The van der Waals surface area contributed by atoms with Crippen LogP contribution in [-0.4, -0.2) is 65.6 Å². The second kappa shape index (κ2) is 11.3. The van der Waals surface area contributed by atoms with Crippen molar-refractivity contribution in [2.24, 2.45) is 0 Å². The zero-order chi connectivity index (χ0) is 32.3. The monoisotopic (exact) mass is 630 g/mol. The lowest BCUT2D eigenvalue weighted by molar-refractivity contribution is -0.223. The number of likely N-dealkylation sites (N-methyl/N-ethyl adjacent to an activating group) is 1. The molecular formula is C37H37F3N2O4. The molecule has 2 aliphatic heterocycles. The van der Waals surface area contributed by atoms with E-state index in [2.05, 4.69) is 35.2 Å². The molecule has 46 heavy (non-hydrogen) atoms. The molecule has 0 radical (unpaired) electrons. The van der Waals surface area contributed by atoms with Crippen LogP contribution in [0.2, 0.25) is 0 Å². The SMILES string of the molecule is CC(=O)O[C@@]12CC[C@H](N(C)C(=O)C=Cc3ccc(C(F)(F)F)cc3)[C@@H]3Oc4cccc5c4[C@@]31CCN(CCc1ccccc1)[C@@H]2C5. The van der Waals surface area contributed by atoms with Crippen molar-refractivity contribution >= 4 is 18.0 Å². The molecule has 9 heteroatoms. The van der Waals surface area contributed by atoms with Gasteiger partial charge in [-0.2, -0.15) is 13.2 Å². The number of rotatable bonds is 7. The summed E-state index contributed by atoms with van der Waals surface area (Å²) in [6.07, 6.45) is 1.60. The van der Waals surface area contributed by atoms with Crippen molar-refractivity contribution in [2.75, 3.05) is 20.1 Å². The number of carbonyl (C=O) groups is 2. The van der Waals surface area contributed by atoms with E-state index in [-0.39, 0.29) is 24.0 Å². The second-order valence-electron chi connectivity index (χ2n) is 13.0. The minimum absolute atomic E-state index is 0.0395. The summed E-state index contributed by atoms with van der Waals surface area (Å²) in [5.74, 6) is 0.209. The van der Waals surface area contributed by atoms with Gasteiger partial charge in [-0.05, 0) is 79.6 Å². The maximum absolute atomic E-state index is 13.6. The Morgan fingerprint density at radius 2 is 1.80 bits per heavy atom. The van der Waals surface area contributed by atoms with E-state index in [1.54, 1.807) is 11.9 Å². The molecule has 2 bridgehead atoms. The average Bonchev–Trinajstić information content (AvgIpc) is 3.38. The Morgan fingerprint density at radius 1 is 1.04 bits per heavy atom. The van der Waals surface area contributed by atoms with E-state index in [0.29, 0.717) is 18.4 Å². The van der Waals surface area contributed by atoms with Crippen LogP contribution in [0.5, 0.6) is 5.75 Å². The molecule has 4 aliphatic rings. The third-order valence-corrected chi connectivity index (χ3v) is 10.8. The zero-order valence-corrected chi connectivity index (χ0v) is 25.9. The first-order valence-electron chi connectivity index (χ1n) is 15.9. The molecule has 6 nitrogen and oxygen atoms in total. The Hall–Kier alpha value is -4.11. The Kier molecular flexibility index (Phi) is 7.50. The van der Waals surface area contributed by atoms with Crippen molar-refractivity contribution in [1.29, 1.82) is 0 Å². The molecule has 3 aromatic rings. The summed E-state index contributed by atoms with van der Waals surface area (Å²) in [6, 6.07) is 20.9. The summed E-state index contributed by atoms with van der Waals surface area (Å²) in [5, 5.41) is 0. The number of esters is 1. The fourth-order valence-corrected chi connectivity index (χ4v) is 8.82. The molecule has 0 aromatic heterocycles. The molecule has 1 amide bonds. The Balaban J connectivity index is 1.20. The fraction of sp³-hybridized carbons (Fsp3) is 0.405. The highest BCUT2D eigenvalue weighted by Gasteiger charge is 2.75. The summed E-state index contributed by atoms with van der Waals surface area (Å²) in [5.41, 5.74) is 1.91. The number of benzene rings is 3. The molecule has 0 unspecified atom stereocenters. The van der Waals surface area contributed by atoms with Gasteiger partial charge < -0.3 is 14.4 Å². The second-order valence-corrected chi connectivity index (χ2v) is 13.0. The van der Waals surface area contributed by atoms with Crippen molar-refractivity contribution < 1.29 is 32.2 Å². The lowest BCUT2D eigenvalue weighted by atomic mass is 9.48. The van der Waals surface area contributed by atoms with E-state index >= 15 is 0 Å². The number of carbonyl (C=O) groups excluding carboxylic acids is 2. The van der Waals surface area contributed by atoms with Gasteiger partial charge in [0.25, 0.3) is 0 Å². The van der Waals surface area contributed by atoms with Crippen LogP contribution in [0.3, 0.4) is 0 Å². The van der Waals surface area contributed by atoms with E-state index in [0.717, 1.165) is 55.8 Å². The van der Waals surface area contributed by atoms with Gasteiger partial charge in [-0.1, -0.05) is 54.6 Å². The molecule has 1 saturated carbocycles. The van der Waals surface area contributed by atoms with Gasteiger partial charge in [-0.25, -0.2) is 0 Å². The number of hydrogen-bond acceptors (Lipinski definition) is 5. The van der Waals surface area contributed by atoms with Crippen LogP contribution in [0, 0.1) is 0 Å². The zero-order valence-electron chi connectivity index (χ0n) is 25.9. The molecule has 5 atom stereocenters. The topological polar surface area (TPSA) is 59.1 Å². The van der Waals surface area contributed by atoms with Crippen LogP contribution in [0.4, 0.5) is 13.2 Å². The number of ether oxygens (including phenoxy) is 2. The summed E-state index contributed by atoms with van der Waals surface area (Å²) in [7, 11) is 1.75. The van der Waals surface area contributed by atoms with Crippen molar-refractivity contribution in [2.45, 2.75) is 74.4 Å². The first kappa shape index (κ1) is 30.5. The normalized spacial score (nSPS) is 28.0. The van der Waals surface area contributed by atoms with Crippen LogP contribution in [0.25, 0.3) is 6.08 Å². The van der Waals surface area contributed by atoms with E-state index < -0.39 is 28.9 Å². The van der Waals surface area contributed by atoms with Crippen LogP contribution in [-0.2, 0) is 38.8 Å². The predicted molar refractivity (Wildman–Crippen MR) is 167 cm³/mol. The Labute approximate surface area is 266 Å². The summed E-state index contributed by atoms with van der Waals surface area (Å²) >= 11 is 0. The van der Waals surface area contributed by atoms with E-state index in [1.165, 1.54) is 42.3 Å². The van der Waals surface area contributed by atoms with E-state index in [1.807, 2.05) is 18.2 Å². The molecule has 2 heterocycles. The predicted octanol–water partition coefficient (Wildman–Crippen LogP) is 6.21. The first-order chi connectivity index (χ1) is 22.0. The van der Waals surface area contributed by atoms with Gasteiger partial charge in [0.15, 0.2) is 0 Å². The van der Waals surface area contributed by atoms with Gasteiger partial charge >= 0.3 is 12.1 Å². The van der Waals surface area contributed by atoms with Crippen molar-refractivity contribution in [3.05, 3.63) is 107 Å². The molecule has 0 N–H and O–H groups in total. The van der Waals surface area contributed by atoms with Crippen molar-refractivity contribution in [3.8, 4) is 5.75 Å². The number of hydrogen-bond donors (Lipinski definition) is 0. The van der Waals surface area contributed by atoms with Gasteiger partial charge in [-0.3, -0.25) is 14.5 Å². The van der Waals surface area contributed by atoms with Crippen molar-refractivity contribution in [1.82, 2.24) is 9.80 Å². The number of halogens is 3. The number of piperidine rings is 1. The van der Waals surface area contributed by atoms with Crippen LogP contribution >= 0.6 is 0 Å². The summed E-state index contributed by atoms with van der Waals surface area (Å²) in [6.45, 7) is 3.13. The Bertz CT molecular complexity index is 1670. The number of likely N-dealkylation sites (tertiary alicyclic amines) is 1. The van der Waals surface area contributed by atoms with Crippen LogP contribution < -0.4 is 4.74 Å². The molecule has 2 fully saturated rings. The first-order valence-corrected chi connectivity index (χ1v) is 15.9. The van der Waals surface area contributed by atoms with Gasteiger partial charge in [0, 0.05) is 32.2 Å². The lowest BCUT2D eigenvalue weighted by Crippen LogP contribution is -2.79. The quantitative estimate of drug-likeness (QED) is 0.230. The third-order valence-electron chi connectivity index (χ3n) is 10.8. The lowest BCUT2D eigenvalue weighted by Gasteiger charge is -2.65. The number of alkyl halides is 3. The van der Waals surface area contributed by atoms with E-state index in [9.17, 15) is 22.8 Å². The summed E-state index contributed by atoms with van der Waals surface area (Å²) in [4.78, 5) is 30.7. The van der Waals surface area contributed by atoms with Crippen molar-refractivity contribution in [3.63, 3.8) is 0 Å². The molecule has 1 spiro atoms. The highest BCUT2D eigenvalue weighted by Crippen LogP contribution is 2.65. The third kappa shape index (κ3) is 4.82. The molecular weight excluding hydrogens is 593 g/mol. The molecule has 240 valence electrons. The molecule has 7 rings (SSSR count). The largest absolute Gasteiger partial charge is 0.487 e. The minimum Gasteiger partial charge on any atom is -0.487 e. The number of nitrogens with zero attached hydrogens (tertiary/aromatic N) is 2. The standard InChI is InChI=1S/C37H37F3N2O4/c1-24(43)46-36-19-17-29(41(2)32(44)16-13-26-11-14-28(15-12-26)37(38,39)40)34-35(36)20-22-42(21-18-25-7-4-3-5-8-25)31(36)23-27-9-6-10-30(45-34)33(27)35/h3-16,29,31,34H,17-23H2,1-2H3/t29-,31+,34-,35-,36+/m0/s1. The maximum atomic E-state index is 13.6. The number of amides is 1. The fourth-order valence-electron chi connectivity index (χ4n) is 8.82. The smallest absolute Gasteiger partial charge is 0.416 e. The maximum Gasteiger partial charge on any atom is 0.416 e. The summed E-state index contributed by atoms with van der Waals surface area (Å²) < 4.78 is 52.4. The Morgan fingerprint density at radius 3 is 2.52 bits per heavy atom. The van der Waals surface area contributed by atoms with Gasteiger partial charge in [0.1, 0.15) is 17.5 Å². The van der Waals surface area contributed by atoms with E-state index in [4.69, 9.17) is 9.47 Å². The van der Waals surface area contributed by atoms with Gasteiger partial charge in [0.05, 0.1) is 23.1 Å². The van der Waals surface area contributed by atoms with Crippen LogP contribution in [0.1, 0.15) is 54.0 Å². The molecule has 3 aromatic carbocycles.